The molecule has 2 aromatic heterocycles. The maximum atomic E-state index is 13.3. The van der Waals surface area contributed by atoms with Gasteiger partial charge in [0, 0.05) is 43.2 Å². The van der Waals surface area contributed by atoms with Crippen molar-refractivity contribution in [2.75, 3.05) is 18.0 Å². The summed E-state index contributed by atoms with van der Waals surface area (Å²) in [5.74, 6) is 0.100. The summed E-state index contributed by atoms with van der Waals surface area (Å²) in [5.41, 5.74) is 1.84. The number of pyridine rings is 1. The molecule has 10 heteroatoms. The first-order valence-electron chi connectivity index (χ1n) is 9.10. The standard InChI is InChI=1S/C19H19ClFN5O2S/c20-16-10-15(3-4-17(16)21)29(27,28)25-14-2-1-9-26(12-14)19-11-18(23-24-19)13-5-7-22-8-6-13/h3-8,10-11,14,25H,1-2,9,12H2,(H,23,24)/t14-/m0/s1. The van der Waals surface area contributed by atoms with Crippen molar-refractivity contribution in [1.29, 1.82) is 0 Å². The van der Waals surface area contributed by atoms with Gasteiger partial charge in [0.05, 0.1) is 15.6 Å². The molecule has 1 aliphatic heterocycles. The molecule has 0 saturated carbocycles. The van der Waals surface area contributed by atoms with Crippen molar-refractivity contribution in [2.45, 2.75) is 23.8 Å². The molecule has 0 amide bonds. The summed E-state index contributed by atoms with van der Waals surface area (Å²) in [6.07, 6.45) is 4.94. The number of H-pyrrole nitrogens is 1. The predicted molar refractivity (Wildman–Crippen MR) is 109 cm³/mol. The number of nitrogens with zero attached hydrogens (tertiary/aromatic N) is 3. The van der Waals surface area contributed by atoms with Gasteiger partial charge < -0.3 is 4.90 Å². The molecule has 1 aliphatic rings. The molecule has 1 saturated heterocycles. The summed E-state index contributed by atoms with van der Waals surface area (Å²) in [4.78, 5) is 5.99. The van der Waals surface area contributed by atoms with E-state index in [1.165, 1.54) is 6.07 Å². The molecule has 1 atom stereocenters. The van der Waals surface area contributed by atoms with Gasteiger partial charge in [0.25, 0.3) is 0 Å². The summed E-state index contributed by atoms with van der Waals surface area (Å²) in [6, 6.07) is 8.79. The number of halogens is 2. The molecular weight excluding hydrogens is 417 g/mol. The van der Waals surface area contributed by atoms with Crippen molar-refractivity contribution in [1.82, 2.24) is 19.9 Å². The number of sulfonamides is 1. The van der Waals surface area contributed by atoms with E-state index < -0.39 is 15.8 Å². The Bertz CT molecular complexity index is 1110. The Morgan fingerprint density at radius 3 is 2.76 bits per heavy atom. The van der Waals surface area contributed by atoms with Crippen LogP contribution < -0.4 is 9.62 Å². The molecule has 0 radical (unpaired) electrons. The van der Waals surface area contributed by atoms with Crippen molar-refractivity contribution < 1.29 is 12.8 Å². The van der Waals surface area contributed by atoms with Gasteiger partial charge in [0.1, 0.15) is 5.82 Å². The highest BCUT2D eigenvalue weighted by Gasteiger charge is 2.27. The zero-order valence-corrected chi connectivity index (χ0v) is 16.9. The molecule has 0 bridgehead atoms. The van der Waals surface area contributed by atoms with Crippen LogP contribution in [0.1, 0.15) is 12.8 Å². The van der Waals surface area contributed by atoms with Gasteiger partial charge in [-0.2, -0.15) is 5.10 Å². The van der Waals surface area contributed by atoms with Crippen molar-refractivity contribution in [2.24, 2.45) is 0 Å². The fourth-order valence-electron chi connectivity index (χ4n) is 3.37. The number of piperidine rings is 1. The maximum absolute atomic E-state index is 13.3. The average molecular weight is 436 g/mol. The fraction of sp³-hybridized carbons (Fsp3) is 0.263. The van der Waals surface area contributed by atoms with Gasteiger partial charge in [0.15, 0.2) is 5.82 Å². The fourth-order valence-corrected chi connectivity index (χ4v) is 4.90. The minimum absolute atomic E-state index is 0.0548. The van der Waals surface area contributed by atoms with E-state index in [4.69, 9.17) is 11.6 Å². The summed E-state index contributed by atoms with van der Waals surface area (Å²) < 4.78 is 41.4. The minimum Gasteiger partial charge on any atom is -0.354 e. The van der Waals surface area contributed by atoms with Gasteiger partial charge >= 0.3 is 0 Å². The SMILES string of the molecule is O=S(=O)(N[C@H]1CCCN(c2cc(-c3ccncc3)[nH]n2)C1)c1ccc(F)c(Cl)c1. The number of benzene rings is 1. The van der Waals surface area contributed by atoms with Gasteiger partial charge in [-0.15, -0.1) is 0 Å². The molecule has 0 spiro atoms. The number of nitrogens with one attached hydrogen (secondary N) is 2. The molecule has 3 heterocycles. The second kappa shape index (κ2) is 8.10. The number of hydrogen-bond donors (Lipinski definition) is 2. The Morgan fingerprint density at radius 2 is 2.00 bits per heavy atom. The molecule has 152 valence electrons. The molecule has 3 aromatic rings. The molecule has 7 nitrogen and oxygen atoms in total. The summed E-state index contributed by atoms with van der Waals surface area (Å²) >= 11 is 5.73. The Labute approximate surface area is 173 Å². The summed E-state index contributed by atoms with van der Waals surface area (Å²) in [6.45, 7) is 1.26. The van der Waals surface area contributed by atoms with Crippen LogP contribution in [-0.4, -0.2) is 42.7 Å². The van der Waals surface area contributed by atoms with E-state index in [-0.39, 0.29) is 16.0 Å². The van der Waals surface area contributed by atoms with E-state index >= 15 is 0 Å². The van der Waals surface area contributed by atoms with Gasteiger partial charge in [0.2, 0.25) is 10.0 Å². The third-order valence-electron chi connectivity index (χ3n) is 4.82. The second-order valence-corrected chi connectivity index (χ2v) is 8.98. The monoisotopic (exact) mass is 435 g/mol. The lowest BCUT2D eigenvalue weighted by Gasteiger charge is -2.33. The van der Waals surface area contributed by atoms with E-state index in [0.29, 0.717) is 13.0 Å². The van der Waals surface area contributed by atoms with Crippen molar-refractivity contribution >= 4 is 27.4 Å². The Hall–Kier alpha value is -2.49. The third kappa shape index (κ3) is 4.42. The van der Waals surface area contributed by atoms with Crippen LogP contribution in [0.15, 0.2) is 53.7 Å². The van der Waals surface area contributed by atoms with Crippen molar-refractivity contribution in [3.63, 3.8) is 0 Å². The average Bonchev–Trinajstić information content (AvgIpc) is 3.21. The van der Waals surface area contributed by atoms with Crippen LogP contribution in [0.25, 0.3) is 11.3 Å². The Kier molecular flexibility index (Phi) is 5.53. The molecular formula is C19H19ClFN5O2S. The minimum atomic E-state index is -3.81. The normalized spacial score (nSPS) is 17.4. The lowest BCUT2D eigenvalue weighted by molar-refractivity contribution is 0.464. The molecule has 29 heavy (non-hydrogen) atoms. The maximum Gasteiger partial charge on any atom is 0.240 e. The van der Waals surface area contributed by atoms with E-state index in [1.54, 1.807) is 12.4 Å². The van der Waals surface area contributed by atoms with Crippen LogP contribution in [0, 0.1) is 5.82 Å². The van der Waals surface area contributed by atoms with Crippen LogP contribution in [0.3, 0.4) is 0 Å². The Balaban J connectivity index is 1.47. The lowest BCUT2D eigenvalue weighted by atomic mass is 10.1. The zero-order chi connectivity index (χ0) is 20.4. The number of anilines is 1. The van der Waals surface area contributed by atoms with Gasteiger partial charge in [-0.3, -0.25) is 10.1 Å². The van der Waals surface area contributed by atoms with E-state index in [9.17, 15) is 12.8 Å². The molecule has 2 N–H and O–H groups in total. The largest absolute Gasteiger partial charge is 0.354 e. The topological polar surface area (TPSA) is 91.0 Å². The highest BCUT2D eigenvalue weighted by Crippen LogP contribution is 2.25. The van der Waals surface area contributed by atoms with Crippen LogP contribution in [0.4, 0.5) is 10.2 Å². The molecule has 4 rings (SSSR count). The zero-order valence-electron chi connectivity index (χ0n) is 15.3. The first kappa shape index (κ1) is 19.8. The number of hydrogen-bond acceptors (Lipinski definition) is 5. The van der Waals surface area contributed by atoms with Crippen LogP contribution in [0.5, 0.6) is 0 Å². The van der Waals surface area contributed by atoms with Crippen LogP contribution in [-0.2, 0) is 10.0 Å². The quantitative estimate of drug-likeness (QED) is 0.642. The lowest BCUT2D eigenvalue weighted by Crippen LogP contribution is -2.47. The van der Waals surface area contributed by atoms with Gasteiger partial charge in [-0.25, -0.2) is 17.5 Å². The van der Waals surface area contributed by atoms with Gasteiger partial charge in [-0.05, 0) is 43.2 Å². The van der Waals surface area contributed by atoms with E-state index in [2.05, 4.69) is 19.9 Å². The van der Waals surface area contributed by atoms with Crippen LogP contribution in [0.2, 0.25) is 5.02 Å². The Morgan fingerprint density at radius 1 is 1.21 bits per heavy atom. The van der Waals surface area contributed by atoms with E-state index in [0.717, 1.165) is 42.2 Å². The first-order valence-corrected chi connectivity index (χ1v) is 11.0. The van der Waals surface area contributed by atoms with Crippen molar-refractivity contribution in [3.05, 3.63) is 59.6 Å². The van der Waals surface area contributed by atoms with Gasteiger partial charge in [-0.1, -0.05) is 11.6 Å². The second-order valence-electron chi connectivity index (χ2n) is 6.86. The smallest absolute Gasteiger partial charge is 0.240 e. The molecule has 1 fully saturated rings. The molecule has 1 aromatic carbocycles. The highest BCUT2D eigenvalue weighted by atomic mass is 35.5. The highest BCUT2D eigenvalue weighted by molar-refractivity contribution is 7.89. The molecule has 0 unspecified atom stereocenters. The summed E-state index contributed by atoms with van der Waals surface area (Å²) in [5, 5.41) is 7.16. The number of aromatic amines is 1. The predicted octanol–water partition coefficient (Wildman–Crippen LogP) is 3.21. The third-order valence-corrected chi connectivity index (χ3v) is 6.63. The first-order chi connectivity index (χ1) is 13.9. The summed E-state index contributed by atoms with van der Waals surface area (Å²) in [7, 11) is -3.81. The molecule has 0 aliphatic carbocycles. The number of aromatic nitrogens is 3. The van der Waals surface area contributed by atoms with Crippen LogP contribution >= 0.6 is 11.6 Å². The number of rotatable bonds is 5. The van der Waals surface area contributed by atoms with E-state index in [1.807, 2.05) is 23.1 Å². The van der Waals surface area contributed by atoms with Crippen molar-refractivity contribution in [3.8, 4) is 11.3 Å².